The lowest BCUT2D eigenvalue weighted by molar-refractivity contribution is 0.409. The number of H-pyrrole nitrogens is 2. The summed E-state index contributed by atoms with van der Waals surface area (Å²) in [5.74, 6) is 0.602. The zero-order valence-corrected chi connectivity index (χ0v) is 15.0. The van der Waals surface area contributed by atoms with Crippen LogP contribution in [0.3, 0.4) is 0 Å². The molecule has 3 N–H and O–H groups in total. The highest BCUT2D eigenvalue weighted by atomic mass is 79.9. The minimum Gasteiger partial charge on any atom is -0.496 e. The minimum atomic E-state index is -3.78. The smallest absolute Gasteiger partial charge is 0.323 e. The molecular formula is C15H14BrN3O4S. The molecule has 0 aliphatic carbocycles. The normalized spacial score (nSPS) is 11.8. The number of imidazole rings is 1. The summed E-state index contributed by atoms with van der Waals surface area (Å²) in [6.07, 6.45) is 0. The molecule has 0 bridgehead atoms. The number of benzene rings is 2. The second kappa shape index (κ2) is 6.42. The van der Waals surface area contributed by atoms with E-state index in [9.17, 15) is 13.2 Å². The van der Waals surface area contributed by atoms with Gasteiger partial charge in [0.15, 0.2) is 0 Å². The predicted octanol–water partition coefficient (Wildman–Crippen LogP) is 2.11. The van der Waals surface area contributed by atoms with Crippen LogP contribution < -0.4 is 15.1 Å². The van der Waals surface area contributed by atoms with Gasteiger partial charge in [-0.2, -0.15) is 0 Å². The van der Waals surface area contributed by atoms with Crippen molar-refractivity contribution in [1.82, 2.24) is 14.7 Å². The van der Waals surface area contributed by atoms with Crippen LogP contribution in [-0.4, -0.2) is 25.5 Å². The van der Waals surface area contributed by atoms with Gasteiger partial charge in [0.2, 0.25) is 10.0 Å². The Hall–Kier alpha value is -2.10. The zero-order chi connectivity index (χ0) is 17.3. The van der Waals surface area contributed by atoms with Gasteiger partial charge < -0.3 is 14.7 Å². The maximum atomic E-state index is 12.6. The van der Waals surface area contributed by atoms with E-state index in [-0.39, 0.29) is 11.4 Å². The van der Waals surface area contributed by atoms with Crippen LogP contribution in [0.1, 0.15) is 5.56 Å². The Morgan fingerprint density at radius 3 is 2.54 bits per heavy atom. The second-order valence-corrected chi connectivity index (χ2v) is 7.63. The van der Waals surface area contributed by atoms with Crippen LogP contribution in [-0.2, 0) is 16.6 Å². The summed E-state index contributed by atoms with van der Waals surface area (Å²) < 4.78 is 33.3. The van der Waals surface area contributed by atoms with E-state index in [1.807, 2.05) is 6.07 Å². The summed E-state index contributed by atoms with van der Waals surface area (Å²) in [7, 11) is -2.26. The summed E-state index contributed by atoms with van der Waals surface area (Å²) in [5.41, 5.74) is 1.26. The first-order valence-electron chi connectivity index (χ1n) is 6.94. The monoisotopic (exact) mass is 411 g/mol. The topological polar surface area (TPSA) is 104 Å². The first-order chi connectivity index (χ1) is 11.4. The molecule has 0 spiro atoms. The number of fused-ring (bicyclic) bond motifs is 1. The summed E-state index contributed by atoms with van der Waals surface area (Å²) in [5, 5.41) is 0. The van der Waals surface area contributed by atoms with Crippen molar-refractivity contribution in [3.05, 3.63) is 56.9 Å². The molecule has 2 aromatic carbocycles. The summed E-state index contributed by atoms with van der Waals surface area (Å²) in [6.45, 7) is 0.0838. The van der Waals surface area contributed by atoms with E-state index in [0.29, 0.717) is 21.3 Å². The second-order valence-electron chi connectivity index (χ2n) is 5.04. The number of para-hydroxylation sites is 1. The Morgan fingerprint density at radius 1 is 1.17 bits per heavy atom. The molecule has 3 rings (SSSR count). The fourth-order valence-electron chi connectivity index (χ4n) is 2.34. The molecule has 3 aromatic rings. The Morgan fingerprint density at radius 2 is 1.83 bits per heavy atom. The lowest BCUT2D eigenvalue weighted by Crippen LogP contribution is -2.23. The molecular weight excluding hydrogens is 398 g/mol. The number of hydrogen-bond donors (Lipinski definition) is 3. The third-order valence-electron chi connectivity index (χ3n) is 3.50. The van der Waals surface area contributed by atoms with E-state index in [1.165, 1.54) is 13.2 Å². The molecule has 24 heavy (non-hydrogen) atoms. The number of halogens is 1. The molecule has 0 saturated heterocycles. The molecule has 126 valence electrons. The van der Waals surface area contributed by atoms with Crippen LogP contribution >= 0.6 is 15.9 Å². The number of nitrogens with one attached hydrogen (secondary N) is 3. The lowest BCUT2D eigenvalue weighted by Gasteiger charge is -2.11. The predicted molar refractivity (Wildman–Crippen MR) is 93.6 cm³/mol. The van der Waals surface area contributed by atoms with Crippen LogP contribution in [0.4, 0.5) is 0 Å². The van der Waals surface area contributed by atoms with E-state index in [4.69, 9.17) is 4.74 Å². The quantitative estimate of drug-likeness (QED) is 0.597. The lowest BCUT2D eigenvalue weighted by atomic mass is 10.2. The van der Waals surface area contributed by atoms with Gasteiger partial charge in [0.25, 0.3) is 0 Å². The van der Waals surface area contributed by atoms with Crippen molar-refractivity contribution >= 4 is 37.0 Å². The van der Waals surface area contributed by atoms with Crippen molar-refractivity contribution < 1.29 is 13.2 Å². The Kier molecular flexibility index (Phi) is 4.48. The third-order valence-corrected chi connectivity index (χ3v) is 5.86. The van der Waals surface area contributed by atoms with Crippen molar-refractivity contribution in [2.75, 3.05) is 7.11 Å². The number of aromatic nitrogens is 2. The van der Waals surface area contributed by atoms with Gasteiger partial charge in [-0.25, -0.2) is 17.9 Å². The highest BCUT2D eigenvalue weighted by Crippen LogP contribution is 2.26. The maximum absolute atomic E-state index is 12.6. The van der Waals surface area contributed by atoms with Gasteiger partial charge in [0.1, 0.15) is 5.75 Å². The molecule has 0 fully saturated rings. The van der Waals surface area contributed by atoms with Crippen molar-refractivity contribution in [2.45, 2.75) is 11.4 Å². The molecule has 0 saturated carbocycles. The fourth-order valence-corrected chi connectivity index (χ4v) is 4.41. The fraction of sp³-hybridized carbons (Fsp3) is 0.133. The standard InChI is InChI=1S/C15H14BrN3O4S/c1-23-13-5-3-2-4-9(13)8-17-24(21,22)14-7-12-11(6-10(14)16)18-15(20)19-12/h2-7,17H,8H2,1H3,(H2,18,19,20). The highest BCUT2D eigenvalue weighted by Gasteiger charge is 2.19. The maximum Gasteiger partial charge on any atom is 0.323 e. The van der Waals surface area contributed by atoms with Crippen LogP contribution in [0.15, 0.2) is 50.6 Å². The molecule has 7 nitrogen and oxygen atoms in total. The summed E-state index contributed by atoms with van der Waals surface area (Å²) in [6, 6.07) is 10.1. The van der Waals surface area contributed by atoms with E-state index in [1.54, 1.807) is 24.3 Å². The van der Waals surface area contributed by atoms with Crippen molar-refractivity contribution in [3.63, 3.8) is 0 Å². The molecule has 9 heteroatoms. The molecule has 1 aromatic heterocycles. The number of ether oxygens (including phenoxy) is 1. The molecule has 0 aliphatic heterocycles. The Bertz CT molecular complexity index is 1060. The molecule has 1 heterocycles. The number of sulfonamides is 1. The van der Waals surface area contributed by atoms with Gasteiger partial charge >= 0.3 is 5.69 Å². The number of rotatable bonds is 5. The van der Waals surface area contributed by atoms with Crippen LogP contribution in [0, 0.1) is 0 Å². The van der Waals surface area contributed by atoms with Gasteiger partial charge in [-0.15, -0.1) is 0 Å². The number of hydrogen-bond acceptors (Lipinski definition) is 4. The van der Waals surface area contributed by atoms with Gasteiger partial charge in [0, 0.05) is 16.6 Å². The van der Waals surface area contributed by atoms with Crippen LogP contribution in [0.2, 0.25) is 0 Å². The molecule has 0 aliphatic rings. The molecule has 0 atom stereocenters. The van der Waals surface area contributed by atoms with Crippen molar-refractivity contribution in [1.29, 1.82) is 0 Å². The highest BCUT2D eigenvalue weighted by molar-refractivity contribution is 9.10. The van der Waals surface area contributed by atoms with E-state index in [2.05, 4.69) is 30.6 Å². The summed E-state index contributed by atoms with van der Waals surface area (Å²) in [4.78, 5) is 16.5. The molecule has 0 radical (unpaired) electrons. The average molecular weight is 412 g/mol. The largest absolute Gasteiger partial charge is 0.496 e. The first-order valence-corrected chi connectivity index (χ1v) is 9.21. The third kappa shape index (κ3) is 3.23. The first kappa shape index (κ1) is 16.7. The van der Waals surface area contributed by atoms with Crippen LogP contribution in [0.25, 0.3) is 11.0 Å². The van der Waals surface area contributed by atoms with Gasteiger partial charge in [-0.1, -0.05) is 18.2 Å². The Balaban J connectivity index is 1.93. The van der Waals surface area contributed by atoms with Crippen molar-refractivity contribution in [3.8, 4) is 5.75 Å². The van der Waals surface area contributed by atoms with E-state index >= 15 is 0 Å². The number of methoxy groups -OCH3 is 1. The summed E-state index contributed by atoms with van der Waals surface area (Å²) >= 11 is 3.24. The van der Waals surface area contributed by atoms with Crippen LogP contribution in [0.5, 0.6) is 5.75 Å². The van der Waals surface area contributed by atoms with Gasteiger partial charge in [-0.05, 0) is 34.1 Å². The zero-order valence-electron chi connectivity index (χ0n) is 12.6. The number of aromatic amines is 2. The van der Waals surface area contributed by atoms with E-state index in [0.717, 1.165) is 5.56 Å². The average Bonchev–Trinajstić information content (AvgIpc) is 2.91. The minimum absolute atomic E-state index is 0.0418. The van der Waals surface area contributed by atoms with E-state index < -0.39 is 15.7 Å². The molecule has 0 unspecified atom stereocenters. The molecule has 0 amide bonds. The van der Waals surface area contributed by atoms with Crippen molar-refractivity contribution in [2.24, 2.45) is 0 Å². The van der Waals surface area contributed by atoms with Gasteiger partial charge in [0.05, 0.1) is 23.0 Å². The van der Waals surface area contributed by atoms with Gasteiger partial charge in [-0.3, -0.25) is 0 Å². The Labute approximate surface area is 146 Å². The SMILES string of the molecule is COc1ccccc1CNS(=O)(=O)c1cc2[nH]c(=O)[nH]c2cc1Br.